The molecule has 1 aromatic rings. The summed E-state index contributed by atoms with van der Waals surface area (Å²) in [6, 6.07) is 1.40. The van der Waals surface area contributed by atoms with E-state index in [0.717, 1.165) is 0 Å². The zero-order chi connectivity index (χ0) is 10.6. The molecule has 0 aliphatic carbocycles. The number of methoxy groups -OCH3 is 2. The monoisotopic (exact) mass is 195 g/mol. The summed E-state index contributed by atoms with van der Waals surface area (Å²) >= 11 is 0. The van der Waals surface area contributed by atoms with Gasteiger partial charge in [-0.2, -0.15) is 0 Å². The lowest BCUT2D eigenvalue weighted by Gasteiger charge is -2.04. The molecule has 0 aliphatic rings. The van der Waals surface area contributed by atoms with Crippen LogP contribution in [0.2, 0.25) is 0 Å². The van der Waals surface area contributed by atoms with Crippen molar-refractivity contribution >= 4 is 11.9 Å². The van der Waals surface area contributed by atoms with E-state index in [1.165, 1.54) is 32.7 Å². The highest BCUT2D eigenvalue weighted by Gasteiger charge is 2.17. The summed E-state index contributed by atoms with van der Waals surface area (Å²) < 4.78 is 8.98. The van der Waals surface area contributed by atoms with E-state index in [1.807, 2.05) is 0 Å². The van der Waals surface area contributed by atoms with E-state index in [0.29, 0.717) is 0 Å². The third-order valence-electron chi connectivity index (χ3n) is 1.63. The molecule has 0 fully saturated rings. The molecule has 74 valence electrons. The summed E-state index contributed by atoms with van der Waals surface area (Å²) in [7, 11) is 2.47. The van der Waals surface area contributed by atoms with Crippen molar-refractivity contribution in [3.8, 4) is 0 Å². The molecule has 0 amide bonds. The van der Waals surface area contributed by atoms with Crippen molar-refractivity contribution in [3.63, 3.8) is 0 Å². The average molecular weight is 195 g/mol. The minimum Gasteiger partial charge on any atom is -0.465 e. The first-order valence-electron chi connectivity index (χ1n) is 3.81. The van der Waals surface area contributed by atoms with Crippen molar-refractivity contribution in [1.82, 2.24) is 4.98 Å². The molecule has 5 heteroatoms. The Morgan fingerprint density at radius 2 is 1.71 bits per heavy atom. The van der Waals surface area contributed by atoms with Gasteiger partial charge in [0.05, 0.1) is 25.3 Å². The molecular weight excluding hydrogens is 186 g/mol. The van der Waals surface area contributed by atoms with Gasteiger partial charge in [0.1, 0.15) is 0 Å². The van der Waals surface area contributed by atoms with E-state index in [4.69, 9.17) is 0 Å². The summed E-state index contributed by atoms with van der Waals surface area (Å²) in [6.45, 7) is 0. The maximum atomic E-state index is 11.2. The lowest BCUT2D eigenvalue weighted by molar-refractivity contribution is 0.0554. The van der Waals surface area contributed by atoms with Crippen molar-refractivity contribution in [3.05, 3.63) is 29.6 Å². The first-order chi connectivity index (χ1) is 6.70. The molecule has 1 aromatic heterocycles. The molecular formula is C9H9NO4. The van der Waals surface area contributed by atoms with Crippen LogP contribution in [0, 0.1) is 0 Å². The van der Waals surface area contributed by atoms with Gasteiger partial charge in [-0.15, -0.1) is 0 Å². The van der Waals surface area contributed by atoms with Crippen LogP contribution in [0.1, 0.15) is 20.7 Å². The molecule has 1 rings (SSSR count). The first-order valence-corrected chi connectivity index (χ1v) is 3.81. The van der Waals surface area contributed by atoms with Crippen LogP contribution in [0.3, 0.4) is 0 Å². The topological polar surface area (TPSA) is 65.5 Å². The van der Waals surface area contributed by atoms with Crippen LogP contribution in [0.15, 0.2) is 18.5 Å². The Morgan fingerprint density at radius 1 is 1.14 bits per heavy atom. The van der Waals surface area contributed by atoms with E-state index >= 15 is 0 Å². The molecule has 0 radical (unpaired) electrons. The Kier molecular flexibility index (Phi) is 3.17. The number of carbonyl (C=O) groups excluding carboxylic acids is 2. The van der Waals surface area contributed by atoms with Gasteiger partial charge in [-0.1, -0.05) is 0 Å². The molecule has 0 unspecified atom stereocenters. The second-order valence-corrected chi connectivity index (χ2v) is 2.40. The molecule has 0 atom stereocenters. The second-order valence-electron chi connectivity index (χ2n) is 2.40. The quantitative estimate of drug-likeness (QED) is 0.648. The standard InChI is InChI=1S/C9H9NO4/c1-13-8(11)6-3-4-10-5-7(6)9(12)14-2/h3-5H,1-2H3. The minimum absolute atomic E-state index is 0.0989. The van der Waals surface area contributed by atoms with Crippen molar-refractivity contribution in [2.45, 2.75) is 0 Å². The molecule has 0 N–H and O–H groups in total. The predicted molar refractivity (Wildman–Crippen MR) is 46.9 cm³/mol. The Morgan fingerprint density at radius 3 is 2.29 bits per heavy atom. The molecule has 14 heavy (non-hydrogen) atoms. The summed E-state index contributed by atoms with van der Waals surface area (Å²) in [5.41, 5.74) is 0.246. The van der Waals surface area contributed by atoms with Crippen LogP contribution in [-0.2, 0) is 9.47 Å². The second kappa shape index (κ2) is 4.36. The number of nitrogens with zero attached hydrogens (tertiary/aromatic N) is 1. The number of rotatable bonds is 2. The van der Waals surface area contributed by atoms with Gasteiger partial charge in [0.15, 0.2) is 0 Å². The largest absolute Gasteiger partial charge is 0.465 e. The fraction of sp³-hybridized carbons (Fsp3) is 0.222. The molecule has 5 nitrogen and oxygen atoms in total. The van der Waals surface area contributed by atoms with Crippen LogP contribution in [0.4, 0.5) is 0 Å². The van der Waals surface area contributed by atoms with E-state index < -0.39 is 11.9 Å². The van der Waals surface area contributed by atoms with Crippen molar-refractivity contribution < 1.29 is 19.1 Å². The van der Waals surface area contributed by atoms with Gasteiger partial charge < -0.3 is 9.47 Å². The lowest BCUT2D eigenvalue weighted by Crippen LogP contribution is -2.11. The van der Waals surface area contributed by atoms with Gasteiger partial charge in [-0.05, 0) is 6.07 Å². The van der Waals surface area contributed by atoms with Crippen LogP contribution < -0.4 is 0 Å². The molecule has 0 spiro atoms. The van der Waals surface area contributed by atoms with Crippen molar-refractivity contribution in [2.75, 3.05) is 14.2 Å². The summed E-state index contributed by atoms with van der Waals surface area (Å²) in [5, 5.41) is 0. The van der Waals surface area contributed by atoms with Gasteiger partial charge in [0.2, 0.25) is 0 Å². The number of pyridine rings is 1. The lowest BCUT2D eigenvalue weighted by atomic mass is 10.1. The SMILES string of the molecule is COC(=O)c1ccncc1C(=O)OC. The zero-order valence-corrected chi connectivity index (χ0v) is 7.81. The average Bonchev–Trinajstić information content (AvgIpc) is 2.27. The molecule has 1 heterocycles. The number of carbonyl (C=O) groups is 2. The molecule has 0 aliphatic heterocycles. The van der Waals surface area contributed by atoms with E-state index in [1.54, 1.807) is 0 Å². The highest BCUT2D eigenvalue weighted by Crippen LogP contribution is 2.09. The van der Waals surface area contributed by atoms with Crippen molar-refractivity contribution in [1.29, 1.82) is 0 Å². The third-order valence-corrected chi connectivity index (χ3v) is 1.63. The predicted octanol–water partition coefficient (Wildman–Crippen LogP) is 0.655. The van der Waals surface area contributed by atoms with Gasteiger partial charge in [-0.3, -0.25) is 4.98 Å². The highest BCUT2D eigenvalue weighted by atomic mass is 16.5. The van der Waals surface area contributed by atoms with E-state index in [2.05, 4.69) is 14.5 Å². The Bertz CT molecular complexity index is 327. The van der Waals surface area contributed by atoms with Gasteiger partial charge in [-0.25, -0.2) is 9.59 Å². The summed E-state index contributed by atoms with van der Waals surface area (Å²) in [5.74, 6) is -1.20. The Labute approximate surface area is 80.7 Å². The zero-order valence-electron chi connectivity index (χ0n) is 7.81. The fourth-order valence-corrected chi connectivity index (χ4v) is 0.955. The number of esters is 2. The number of hydrogen-bond donors (Lipinski definition) is 0. The third kappa shape index (κ3) is 1.87. The molecule has 0 bridgehead atoms. The van der Waals surface area contributed by atoms with Gasteiger partial charge in [0, 0.05) is 12.4 Å². The summed E-state index contributed by atoms with van der Waals surface area (Å²) in [6.07, 6.45) is 2.66. The Balaban J connectivity index is 3.15. The van der Waals surface area contributed by atoms with Crippen LogP contribution in [0.5, 0.6) is 0 Å². The summed E-state index contributed by atoms with van der Waals surface area (Å²) in [4.78, 5) is 26.1. The van der Waals surface area contributed by atoms with Crippen molar-refractivity contribution in [2.24, 2.45) is 0 Å². The maximum Gasteiger partial charge on any atom is 0.340 e. The van der Waals surface area contributed by atoms with Gasteiger partial charge >= 0.3 is 11.9 Å². The van der Waals surface area contributed by atoms with Crippen LogP contribution in [-0.4, -0.2) is 31.1 Å². The minimum atomic E-state index is -0.612. The number of hydrogen-bond acceptors (Lipinski definition) is 5. The molecule has 0 saturated carbocycles. The molecule has 0 aromatic carbocycles. The fourth-order valence-electron chi connectivity index (χ4n) is 0.955. The van der Waals surface area contributed by atoms with E-state index in [-0.39, 0.29) is 11.1 Å². The maximum absolute atomic E-state index is 11.2. The molecule has 0 saturated heterocycles. The smallest absolute Gasteiger partial charge is 0.340 e. The van der Waals surface area contributed by atoms with Crippen LogP contribution >= 0.6 is 0 Å². The number of aromatic nitrogens is 1. The first kappa shape index (κ1) is 10.2. The number of ether oxygens (including phenoxy) is 2. The highest BCUT2D eigenvalue weighted by molar-refractivity contribution is 6.02. The van der Waals surface area contributed by atoms with E-state index in [9.17, 15) is 9.59 Å². The van der Waals surface area contributed by atoms with Gasteiger partial charge in [0.25, 0.3) is 0 Å². The Hall–Kier alpha value is -1.91. The van der Waals surface area contributed by atoms with Crippen LogP contribution in [0.25, 0.3) is 0 Å². The normalized spacial score (nSPS) is 9.29.